The van der Waals surface area contributed by atoms with Crippen molar-refractivity contribution >= 4 is 29.3 Å². The van der Waals surface area contributed by atoms with E-state index in [1.165, 1.54) is 17.2 Å². The summed E-state index contributed by atoms with van der Waals surface area (Å²) < 4.78 is 14.2. The number of aryl methyl sites for hydroxylation is 1. The first-order valence-electron chi connectivity index (χ1n) is 8.59. The highest BCUT2D eigenvalue weighted by atomic mass is 35.5. The molecule has 1 fully saturated rings. The summed E-state index contributed by atoms with van der Waals surface area (Å²) in [6, 6.07) is 10.9. The molecule has 2 aliphatic rings. The standard InChI is InChI=1S/C21H20ClFN2O/c1-13-7-8-18-15(11-13)20(2,3)21(24-19(26)12-25(18)21)10-9-14-16(22)5-4-6-17(14)23/h4-11H,12H2,1-3H3,(H,24,26)/b10-9+/t21-/m1/s1. The van der Waals surface area contributed by atoms with Crippen LogP contribution in [0.15, 0.2) is 42.5 Å². The van der Waals surface area contributed by atoms with Crippen molar-refractivity contribution in [3.63, 3.8) is 0 Å². The normalized spacial score (nSPS) is 23.3. The van der Waals surface area contributed by atoms with Crippen molar-refractivity contribution < 1.29 is 9.18 Å². The number of nitrogens with one attached hydrogen (secondary N) is 1. The van der Waals surface area contributed by atoms with Crippen LogP contribution in [0, 0.1) is 12.7 Å². The number of fused-ring (bicyclic) bond motifs is 3. The average Bonchev–Trinajstić information content (AvgIpc) is 2.99. The number of carbonyl (C=O) groups is 1. The van der Waals surface area contributed by atoms with E-state index >= 15 is 0 Å². The van der Waals surface area contributed by atoms with Crippen LogP contribution in [0.5, 0.6) is 0 Å². The fourth-order valence-electron chi connectivity index (χ4n) is 4.16. The molecule has 0 bridgehead atoms. The summed E-state index contributed by atoms with van der Waals surface area (Å²) in [5, 5.41) is 3.47. The molecule has 2 aromatic rings. The maximum Gasteiger partial charge on any atom is 0.241 e. The van der Waals surface area contributed by atoms with Crippen LogP contribution in [0.4, 0.5) is 10.1 Å². The van der Waals surface area contributed by atoms with Gasteiger partial charge in [-0.2, -0.15) is 0 Å². The number of amides is 1. The van der Waals surface area contributed by atoms with Gasteiger partial charge in [0.05, 0.1) is 11.6 Å². The maximum absolute atomic E-state index is 14.2. The lowest BCUT2D eigenvalue weighted by Gasteiger charge is -2.40. The molecule has 0 aliphatic carbocycles. The van der Waals surface area contributed by atoms with E-state index in [1.807, 2.05) is 12.1 Å². The highest BCUT2D eigenvalue weighted by molar-refractivity contribution is 6.32. The van der Waals surface area contributed by atoms with Gasteiger partial charge in [0, 0.05) is 16.7 Å². The summed E-state index contributed by atoms with van der Waals surface area (Å²) >= 11 is 6.17. The Morgan fingerprint density at radius 3 is 2.77 bits per heavy atom. The van der Waals surface area contributed by atoms with E-state index in [1.54, 1.807) is 18.2 Å². The van der Waals surface area contributed by atoms with Crippen LogP contribution in [-0.2, 0) is 10.2 Å². The minimum absolute atomic E-state index is 0.0476. The lowest BCUT2D eigenvalue weighted by Crippen LogP contribution is -2.58. The zero-order valence-electron chi connectivity index (χ0n) is 14.9. The van der Waals surface area contributed by atoms with Crippen LogP contribution >= 0.6 is 11.6 Å². The molecule has 1 atom stereocenters. The number of nitrogens with zero attached hydrogens (tertiary/aromatic N) is 1. The topological polar surface area (TPSA) is 32.3 Å². The molecule has 26 heavy (non-hydrogen) atoms. The largest absolute Gasteiger partial charge is 0.335 e. The van der Waals surface area contributed by atoms with Crippen molar-refractivity contribution in [2.75, 3.05) is 11.4 Å². The Morgan fingerprint density at radius 1 is 1.27 bits per heavy atom. The molecule has 0 aromatic heterocycles. The van der Waals surface area contributed by atoms with Crippen LogP contribution in [0.25, 0.3) is 6.08 Å². The lowest BCUT2D eigenvalue weighted by molar-refractivity contribution is -0.118. The molecular weight excluding hydrogens is 351 g/mol. The van der Waals surface area contributed by atoms with Crippen LogP contribution in [0.3, 0.4) is 0 Å². The number of halogens is 2. The van der Waals surface area contributed by atoms with Gasteiger partial charge in [0.2, 0.25) is 5.91 Å². The molecule has 1 saturated heterocycles. The molecule has 4 rings (SSSR count). The Bertz CT molecular complexity index is 933. The number of hydrogen-bond donors (Lipinski definition) is 1. The van der Waals surface area contributed by atoms with Gasteiger partial charge in [0.25, 0.3) is 0 Å². The van der Waals surface area contributed by atoms with E-state index in [2.05, 4.69) is 43.1 Å². The number of anilines is 1. The third-order valence-corrected chi connectivity index (χ3v) is 5.95. The average molecular weight is 371 g/mol. The van der Waals surface area contributed by atoms with Gasteiger partial charge in [-0.1, -0.05) is 55.3 Å². The zero-order valence-corrected chi connectivity index (χ0v) is 15.7. The van der Waals surface area contributed by atoms with Gasteiger partial charge < -0.3 is 10.2 Å². The van der Waals surface area contributed by atoms with Gasteiger partial charge >= 0.3 is 0 Å². The Balaban J connectivity index is 1.88. The van der Waals surface area contributed by atoms with E-state index < -0.39 is 11.1 Å². The quantitative estimate of drug-likeness (QED) is 0.848. The van der Waals surface area contributed by atoms with Crippen molar-refractivity contribution in [2.45, 2.75) is 31.8 Å². The number of benzene rings is 2. The van der Waals surface area contributed by atoms with Crippen molar-refractivity contribution in [1.29, 1.82) is 0 Å². The van der Waals surface area contributed by atoms with Crippen molar-refractivity contribution in [3.05, 3.63) is 70.0 Å². The van der Waals surface area contributed by atoms with Gasteiger partial charge in [-0.05, 0) is 36.8 Å². The summed E-state index contributed by atoms with van der Waals surface area (Å²) in [6.45, 7) is 6.53. The van der Waals surface area contributed by atoms with Crippen LogP contribution in [-0.4, -0.2) is 18.1 Å². The Hall–Kier alpha value is -2.33. The third-order valence-electron chi connectivity index (χ3n) is 5.62. The molecule has 2 heterocycles. The Kier molecular flexibility index (Phi) is 3.67. The number of hydrogen-bond acceptors (Lipinski definition) is 2. The minimum Gasteiger partial charge on any atom is -0.335 e. The monoisotopic (exact) mass is 370 g/mol. The minimum atomic E-state index is -0.758. The molecule has 2 aliphatic heterocycles. The van der Waals surface area contributed by atoms with E-state index in [0.29, 0.717) is 10.6 Å². The fraction of sp³-hybridized carbons (Fsp3) is 0.286. The van der Waals surface area contributed by atoms with Gasteiger partial charge in [-0.25, -0.2) is 4.39 Å². The van der Waals surface area contributed by atoms with E-state index in [9.17, 15) is 9.18 Å². The summed E-state index contributed by atoms with van der Waals surface area (Å²) in [5.74, 6) is -0.432. The van der Waals surface area contributed by atoms with Crippen molar-refractivity contribution in [2.24, 2.45) is 0 Å². The van der Waals surface area contributed by atoms with Crippen molar-refractivity contribution in [3.8, 4) is 0 Å². The Labute approximate surface area is 157 Å². The van der Waals surface area contributed by atoms with Gasteiger partial charge in [-0.15, -0.1) is 0 Å². The summed E-state index contributed by atoms with van der Waals surface area (Å²) in [6.07, 6.45) is 3.55. The first-order chi connectivity index (χ1) is 12.3. The fourth-order valence-corrected chi connectivity index (χ4v) is 4.39. The summed E-state index contributed by atoms with van der Waals surface area (Å²) in [7, 11) is 0. The van der Waals surface area contributed by atoms with Crippen molar-refractivity contribution in [1.82, 2.24) is 5.32 Å². The lowest BCUT2D eigenvalue weighted by atomic mass is 9.75. The predicted octanol–water partition coefficient (Wildman–Crippen LogP) is 4.42. The first-order valence-corrected chi connectivity index (χ1v) is 8.97. The predicted molar refractivity (Wildman–Crippen MR) is 103 cm³/mol. The third kappa shape index (κ3) is 2.21. The molecular formula is C21H20ClFN2O. The smallest absolute Gasteiger partial charge is 0.241 e. The SMILES string of the molecule is Cc1ccc2c(c1)C(C)(C)[C@]1(/C=C/c3c(F)cccc3Cl)NC(=O)CN21. The molecule has 0 unspecified atom stereocenters. The van der Waals surface area contributed by atoms with Gasteiger partial charge in [0.1, 0.15) is 11.5 Å². The first kappa shape index (κ1) is 17.1. The number of rotatable bonds is 2. The van der Waals surface area contributed by atoms with Crippen LogP contribution in [0.1, 0.15) is 30.5 Å². The highest BCUT2D eigenvalue weighted by Gasteiger charge is 2.59. The van der Waals surface area contributed by atoms with E-state index in [4.69, 9.17) is 11.6 Å². The highest BCUT2D eigenvalue weighted by Crippen LogP contribution is 2.53. The van der Waals surface area contributed by atoms with Crippen LogP contribution < -0.4 is 10.2 Å². The molecule has 3 nitrogen and oxygen atoms in total. The van der Waals surface area contributed by atoms with Crippen LogP contribution in [0.2, 0.25) is 5.02 Å². The van der Waals surface area contributed by atoms with Gasteiger partial charge in [0.15, 0.2) is 0 Å². The van der Waals surface area contributed by atoms with Gasteiger partial charge in [-0.3, -0.25) is 4.79 Å². The molecule has 0 saturated carbocycles. The molecule has 2 aromatic carbocycles. The molecule has 1 amide bonds. The second-order valence-electron chi connectivity index (χ2n) is 7.51. The second-order valence-corrected chi connectivity index (χ2v) is 7.92. The summed E-state index contributed by atoms with van der Waals surface area (Å²) in [5.41, 5.74) is 2.54. The van der Waals surface area contributed by atoms with E-state index in [0.717, 1.165) is 5.69 Å². The second kappa shape index (κ2) is 5.58. The maximum atomic E-state index is 14.2. The molecule has 5 heteroatoms. The number of carbonyl (C=O) groups excluding carboxylic acids is 1. The summed E-state index contributed by atoms with van der Waals surface area (Å²) in [4.78, 5) is 14.3. The Morgan fingerprint density at radius 2 is 2.04 bits per heavy atom. The molecule has 0 radical (unpaired) electrons. The molecule has 0 spiro atoms. The molecule has 134 valence electrons. The van der Waals surface area contributed by atoms with E-state index in [-0.39, 0.29) is 18.3 Å². The molecule has 1 N–H and O–H groups in total. The zero-order chi connectivity index (χ0) is 18.7.